The number of ether oxygens (including phenoxy) is 1. The fourth-order valence-electron chi connectivity index (χ4n) is 2.55. The van der Waals surface area contributed by atoms with Crippen LogP contribution in [0.15, 0.2) is 59.5 Å². The van der Waals surface area contributed by atoms with Gasteiger partial charge < -0.3 is 4.74 Å². The number of pyridine rings is 1. The summed E-state index contributed by atoms with van der Waals surface area (Å²) >= 11 is 0. The maximum absolute atomic E-state index is 12.8. The lowest BCUT2D eigenvalue weighted by atomic mass is 10.1. The van der Waals surface area contributed by atoms with Crippen molar-refractivity contribution in [2.24, 2.45) is 0 Å². The van der Waals surface area contributed by atoms with E-state index in [1.165, 1.54) is 0 Å². The van der Waals surface area contributed by atoms with Crippen molar-refractivity contribution in [2.75, 3.05) is 11.3 Å². The zero-order valence-corrected chi connectivity index (χ0v) is 14.3. The SMILES string of the molecule is CCOc1ccc(S(=O)(=O)Nc2cccc(C)n2)c2ccccc12. The number of nitrogens with one attached hydrogen (secondary N) is 1. The Labute approximate surface area is 141 Å². The average molecular weight is 342 g/mol. The summed E-state index contributed by atoms with van der Waals surface area (Å²) in [6.45, 7) is 4.22. The normalized spacial score (nSPS) is 11.4. The summed E-state index contributed by atoms with van der Waals surface area (Å²) in [5.41, 5.74) is 0.742. The number of fused-ring (bicyclic) bond motifs is 1. The zero-order valence-electron chi connectivity index (χ0n) is 13.5. The van der Waals surface area contributed by atoms with Crippen molar-refractivity contribution in [1.82, 2.24) is 4.98 Å². The molecule has 0 atom stereocenters. The lowest BCUT2D eigenvalue weighted by Crippen LogP contribution is -2.14. The van der Waals surface area contributed by atoms with Crippen LogP contribution in [0.3, 0.4) is 0 Å². The average Bonchev–Trinajstić information content (AvgIpc) is 2.55. The van der Waals surface area contributed by atoms with Gasteiger partial charge in [-0.15, -0.1) is 0 Å². The third-order valence-electron chi connectivity index (χ3n) is 3.56. The van der Waals surface area contributed by atoms with Crippen LogP contribution in [0.25, 0.3) is 10.8 Å². The predicted molar refractivity (Wildman–Crippen MR) is 94.9 cm³/mol. The van der Waals surface area contributed by atoms with Crippen molar-refractivity contribution in [3.05, 3.63) is 60.3 Å². The number of anilines is 1. The van der Waals surface area contributed by atoms with Gasteiger partial charge in [-0.05, 0) is 38.1 Å². The van der Waals surface area contributed by atoms with Gasteiger partial charge in [-0.1, -0.05) is 30.3 Å². The minimum atomic E-state index is -3.76. The zero-order chi connectivity index (χ0) is 17.2. The molecule has 24 heavy (non-hydrogen) atoms. The van der Waals surface area contributed by atoms with E-state index >= 15 is 0 Å². The van der Waals surface area contributed by atoms with E-state index in [0.717, 1.165) is 11.1 Å². The number of hydrogen-bond donors (Lipinski definition) is 1. The van der Waals surface area contributed by atoms with Crippen LogP contribution in [0.2, 0.25) is 0 Å². The molecule has 0 spiro atoms. The molecule has 0 aliphatic rings. The van der Waals surface area contributed by atoms with E-state index < -0.39 is 10.0 Å². The molecule has 0 radical (unpaired) electrons. The molecule has 0 fully saturated rings. The first kappa shape index (κ1) is 16.3. The molecule has 0 saturated heterocycles. The van der Waals surface area contributed by atoms with Gasteiger partial charge in [-0.3, -0.25) is 4.72 Å². The standard InChI is InChI=1S/C18H18N2O3S/c1-3-23-16-11-12-17(15-9-5-4-8-14(15)16)24(21,22)20-18-10-6-7-13(2)19-18/h4-12H,3H2,1-2H3,(H,19,20). The summed E-state index contributed by atoms with van der Waals surface area (Å²) in [4.78, 5) is 4.39. The van der Waals surface area contributed by atoms with Gasteiger partial charge in [0.05, 0.1) is 11.5 Å². The van der Waals surface area contributed by atoms with E-state index in [2.05, 4.69) is 9.71 Å². The number of sulfonamides is 1. The number of rotatable bonds is 5. The Hall–Kier alpha value is -2.60. The largest absolute Gasteiger partial charge is 0.493 e. The van der Waals surface area contributed by atoms with Crippen LogP contribution >= 0.6 is 0 Å². The van der Waals surface area contributed by atoms with Gasteiger partial charge in [0.2, 0.25) is 0 Å². The molecule has 0 unspecified atom stereocenters. The highest BCUT2D eigenvalue weighted by Crippen LogP contribution is 2.31. The van der Waals surface area contributed by atoms with Gasteiger partial charge >= 0.3 is 0 Å². The number of aromatic nitrogens is 1. The third-order valence-corrected chi connectivity index (χ3v) is 4.97. The van der Waals surface area contributed by atoms with E-state index in [1.807, 2.05) is 38.1 Å². The molecule has 0 bridgehead atoms. The van der Waals surface area contributed by atoms with Crippen molar-refractivity contribution >= 4 is 26.6 Å². The van der Waals surface area contributed by atoms with Crippen molar-refractivity contribution in [1.29, 1.82) is 0 Å². The topological polar surface area (TPSA) is 68.3 Å². The molecule has 1 N–H and O–H groups in total. The number of nitrogens with zero attached hydrogens (tertiary/aromatic N) is 1. The van der Waals surface area contributed by atoms with E-state index in [4.69, 9.17) is 4.74 Å². The van der Waals surface area contributed by atoms with Crippen molar-refractivity contribution in [3.63, 3.8) is 0 Å². The quantitative estimate of drug-likeness (QED) is 0.767. The van der Waals surface area contributed by atoms with Crippen LogP contribution in [0.4, 0.5) is 5.82 Å². The number of aryl methyl sites for hydroxylation is 1. The van der Waals surface area contributed by atoms with Crippen molar-refractivity contribution < 1.29 is 13.2 Å². The molecule has 0 saturated carbocycles. The van der Waals surface area contributed by atoms with E-state index in [0.29, 0.717) is 23.6 Å². The van der Waals surface area contributed by atoms with E-state index in [-0.39, 0.29) is 4.90 Å². The van der Waals surface area contributed by atoms with Crippen molar-refractivity contribution in [2.45, 2.75) is 18.7 Å². The van der Waals surface area contributed by atoms with Gasteiger partial charge in [0, 0.05) is 16.5 Å². The smallest absolute Gasteiger partial charge is 0.263 e. The minimum Gasteiger partial charge on any atom is -0.493 e. The Morgan fingerprint density at radius 3 is 2.46 bits per heavy atom. The molecule has 1 heterocycles. The van der Waals surface area contributed by atoms with Crippen LogP contribution < -0.4 is 9.46 Å². The fourth-order valence-corrected chi connectivity index (χ4v) is 3.77. The molecule has 3 rings (SSSR count). The van der Waals surface area contributed by atoms with Crippen LogP contribution in [0.1, 0.15) is 12.6 Å². The fraction of sp³-hybridized carbons (Fsp3) is 0.167. The molecular weight excluding hydrogens is 324 g/mol. The molecule has 0 aliphatic carbocycles. The maximum Gasteiger partial charge on any atom is 0.263 e. The van der Waals surface area contributed by atoms with Crippen molar-refractivity contribution in [3.8, 4) is 5.75 Å². The highest BCUT2D eigenvalue weighted by Gasteiger charge is 2.19. The summed E-state index contributed by atoms with van der Waals surface area (Å²) in [6, 6.07) is 15.7. The lowest BCUT2D eigenvalue weighted by Gasteiger charge is -2.13. The first-order valence-corrected chi connectivity index (χ1v) is 9.10. The van der Waals surface area contributed by atoms with Gasteiger partial charge in [0.25, 0.3) is 10.0 Å². The minimum absolute atomic E-state index is 0.199. The predicted octanol–water partition coefficient (Wildman–Crippen LogP) is 3.74. The van der Waals surface area contributed by atoms with Crippen LogP contribution in [0, 0.1) is 6.92 Å². The van der Waals surface area contributed by atoms with E-state index in [1.54, 1.807) is 30.3 Å². The summed E-state index contributed by atoms with van der Waals surface area (Å²) in [5, 5.41) is 1.38. The van der Waals surface area contributed by atoms with Crippen LogP contribution in [-0.2, 0) is 10.0 Å². The van der Waals surface area contributed by atoms with Crippen LogP contribution in [0.5, 0.6) is 5.75 Å². The Bertz CT molecular complexity index is 984. The number of hydrogen-bond acceptors (Lipinski definition) is 4. The second kappa shape index (κ2) is 6.49. The molecule has 1 aromatic heterocycles. The maximum atomic E-state index is 12.8. The molecule has 3 aromatic rings. The third kappa shape index (κ3) is 3.19. The monoisotopic (exact) mass is 342 g/mol. The van der Waals surface area contributed by atoms with Gasteiger partial charge in [-0.2, -0.15) is 0 Å². The molecule has 6 heteroatoms. The first-order valence-electron chi connectivity index (χ1n) is 7.62. The Morgan fingerprint density at radius 1 is 1.00 bits per heavy atom. The lowest BCUT2D eigenvalue weighted by molar-refractivity contribution is 0.344. The van der Waals surface area contributed by atoms with Gasteiger partial charge in [0.15, 0.2) is 0 Å². The highest BCUT2D eigenvalue weighted by molar-refractivity contribution is 7.93. The molecule has 0 aliphatic heterocycles. The molecule has 124 valence electrons. The van der Waals surface area contributed by atoms with Gasteiger partial charge in [0.1, 0.15) is 11.6 Å². The Kier molecular flexibility index (Phi) is 4.40. The molecule has 0 amide bonds. The highest BCUT2D eigenvalue weighted by atomic mass is 32.2. The Morgan fingerprint density at radius 2 is 1.75 bits per heavy atom. The van der Waals surface area contributed by atoms with Gasteiger partial charge in [-0.25, -0.2) is 13.4 Å². The molecule has 2 aromatic carbocycles. The van der Waals surface area contributed by atoms with Crippen LogP contribution in [-0.4, -0.2) is 20.0 Å². The summed E-state index contributed by atoms with van der Waals surface area (Å²) in [7, 11) is -3.76. The summed E-state index contributed by atoms with van der Waals surface area (Å²) in [6.07, 6.45) is 0. The Balaban J connectivity index is 2.10. The van der Waals surface area contributed by atoms with E-state index in [9.17, 15) is 8.42 Å². The summed E-state index contributed by atoms with van der Waals surface area (Å²) in [5.74, 6) is 0.966. The summed E-state index contributed by atoms with van der Waals surface area (Å²) < 4.78 is 33.7. The molecule has 5 nitrogen and oxygen atoms in total. The molecular formula is C18H18N2O3S. The number of benzene rings is 2. The first-order chi connectivity index (χ1) is 11.5. The second-order valence-corrected chi connectivity index (χ2v) is 6.96. The second-order valence-electron chi connectivity index (χ2n) is 5.31.